The van der Waals surface area contributed by atoms with E-state index in [1.54, 1.807) is 12.3 Å². The van der Waals surface area contributed by atoms with Gasteiger partial charge in [0.1, 0.15) is 11.8 Å². The molecule has 0 spiro atoms. The van der Waals surface area contributed by atoms with E-state index < -0.39 is 0 Å². The minimum Gasteiger partial charge on any atom is -0.373 e. The lowest BCUT2D eigenvalue weighted by molar-refractivity contribution is 0.0448. The number of aromatic nitrogens is 1. The third-order valence-electron chi connectivity index (χ3n) is 2.85. The van der Waals surface area contributed by atoms with Gasteiger partial charge in [-0.3, -0.25) is 0 Å². The molecule has 1 aromatic rings. The van der Waals surface area contributed by atoms with Crippen molar-refractivity contribution in [3.05, 3.63) is 29.6 Å². The van der Waals surface area contributed by atoms with Crippen molar-refractivity contribution < 1.29 is 4.74 Å². The number of rotatable bonds is 3. The van der Waals surface area contributed by atoms with Crippen LogP contribution in [0.3, 0.4) is 0 Å². The summed E-state index contributed by atoms with van der Waals surface area (Å²) in [6.07, 6.45) is 4.93. The van der Waals surface area contributed by atoms with Gasteiger partial charge in [0.05, 0.1) is 12.7 Å². The summed E-state index contributed by atoms with van der Waals surface area (Å²) >= 11 is 0. The second-order valence-electron chi connectivity index (χ2n) is 4.17. The Morgan fingerprint density at radius 2 is 2.44 bits per heavy atom. The largest absolute Gasteiger partial charge is 0.373 e. The van der Waals surface area contributed by atoms with Gasteiger partial charge in [-0.15, -0.1) is 0 Å². The van der Waals surface area contributed by atoms with E-state index >= 15 is 0 Å². The van der Waals surface area contributed by atoms with Crippen LogP contribution in [0.4, 0.5) is 0 Å². The molecule has 4 nitrogen and oxygen atoms in total. The Bertz CT molecular complexity index is 399. The van der Waals surface area contributed by atoms with Crippen LogP contribution in [0.25, 0.3) is 0 Å². The Balaban J connectivity index is 1.87. The van der Waals surface area contributed by atoms with Crippen LogP contribution in [0.5, 0.6) is 0 Å². The smallest absolute Gasteiger partial charge is 0.140 e. The quantitative estimate of drug-likeness (QED) is 0.829. The van der Waals surface area contributed by atoms with Gasteiger partial charge in [-0.2, -0.15) is 5.26 Å². The molecule has 1 fully saturated rings. The molecule has 0 aliphatic heterocycles. The lowest BCUT2D eigenvalue weighted by atomic mass is 10.2. The zero-order chi connectivity index (χ0) is 11.4. The van der Waals surface area contributed by atoms with Crippen LogP contribution >= 0.6 is 0 Å². The first-order chi connectivity index (χ1) is 7.78. The molecule has 2 rings (SSSR count). The molecule has 0 aromatic carbocycles. The normalized spacial score (nSPS) is 24.2. The summed E-state index contributed by atoms with van der Waals surface area (Å²) in [6, 6.07) is 5.93. The first-order valence-corrected chi connectivity index (χ1v) is 5.50. The van der Waals surface area contributed by atoms with Crippen molar-refractivity contribution in [2.24, 2.45) is 5.73 Å². The summed E-state index contributed by atoms with van der Waals surface area (Å²) in [4.78, 5) is 3.91. The second kappa shape index (κ2) is 5.06. The van der Waals surface area contributed by atoms with Gasteiger partial charge in [0.25, 0.3) is 0 Å². The molecule has 84 valence electrons. The Morgan fingerprint density at radius 1 is 1.56 bits per heavy atom. The molecule has 1 aromatic heterocycles. The van der Waals surface area contributed by atoms with Crippen molar-refractivity contribution in [3.8, 4) is 6.07 Å². The lowest BCUT2D eigenvalue weighted by Gasteiger charge is -2.11. The number of ether oxygens (including phenoxy) is 1. The summed E-state index contributed by atoms with van der Waals surface area (Å²) in [6.45, 7) is 0.536. The van der Waals surface area contributed by atoms with Crippen LogP contribution in [0.1, 0.15) is 30.5 Å². The van der Waals surface area contributed by atoms with E-state index in [1.807, 2.05) is 12.1 Å². The summed E-state index contributed by atoms with van der Waals surface area (Å²) in [5.74, 6) is 0. The van der Waals surface area contributed by atoms with Crippen molar-refractivity contribution in [3.63, 3.8) is 0 Å². The van der Waals surface area contributed by atoms with Gasteiger partial charge < -0.3 is 10.5 Å². The first kappa shape index (κ1) is 11.1. The number of hydrogen-bond acceptors (Lipinski definition) is 4. The van der Waals surface area contributed by atoms with Gasteiger partial charge in [0.15, 0.2) is 0 Å². The molecule has 2 atom stereocenters. The average molecular weight is 217 g/mol. The SMILES string of the molecule is N#Cc1cc(COC2CCC(N)C2)ccn1. The molecule has 1 aliphatic carbocycles. The van der Waals surface area contributed by atoms with E-state index in [-0.39, 0.29) is 12.1 Å². The first-order valence-electron chi connectivity index (χ1n) is 5.50. The van der Waals surface area contributed by atoms with E-state index in [9.17, 15) is 0 Å². The Kier molecular flexibility index (Phi) is 3.50. The molecule has 0 amide bonds. The minimum atomic E-state index is 0.272. The molecule has 0 radical (unpaired) electrons. The lowest BCUT2D eigenvalue weighted by Crippen LogP contribution is -2.17. The van der Waals surface area contributed by atoms with Crippen molar-refractivity contribution in [2.75, 3.05) is 0 Å². The molecule has 4 heteroatoms. The highest BCUT2D eigenvalue weighted by molar-refractivity contribution is 5.24. The molecule has 0 bridgehead atoms. The molecule has 1 heterocycles. The predicted molar refractivity (Wildman–Crippen MR) is 59.4 cm³/mol. The van der Waals surface area contributed by atoms with Crippen molar-refractivity contribution in [1.82, 2.24) is 4.98 Å². The van der Waals surface area contributed by atoms with E-state index in [0.29, 0.717) is 12.3 Å². The maximum Gasteiger partial charge on any atom is 0.140 e. The van der Waals surface area contributed by atoms with Gasteiger partial charge in [0, 0.05) is 12.2 Å². The maximum absolute atomic E-state index is 8.71. The third kappa shape index (κ3) is 2.78. The number of pyridine rings is 1. The fourth-order valence-corrected chi connectivity index (χ4v) is 1.96. The fourth-order valence-electron chi connectivity index (χ4n) is 1.96. The average Bonchev–Trinajstić information content (AvgIpc) is 2.73. The predicted octanol–water partition coefficient (Wildman–Crippen LogP) is 1.35. The monoisotopic (exact) mass is 217 g/mol. The maximum atomic E-state index is 8.71. The molecular weight excluding hydrogens is 202 g/mol. The highest BCUT2D eigenvalue weighted by Crippen LogP contribution is 2.21. The summed E-state index contributed by atoms with van der Waals surface area (Å²) in [5.41, 5.74) is 7.23. The Hall–Kier alpha value is -1.44. The standard InChI is InChI=1S/C12H15N3O/c13-7-11-5-9(3-4-15-11)8-16-12-2-1-10(14)6-12/h3-5,10,12H,1-2,6,8,14H2. The van der Waals surface area contributed by atoms with E-state index in [1.165, 1.54) is 0 Å². The van der Waals surface area contributed by atoms with Crippen molar-refractivity contribution in [2.45, 2.75) is 38.0 Å². The molecule has 2 unspecified atom stereocenters. The van der Waals surface area contributed by atoms with Gasteiger partial charge in [-0.05, 0) is 37.0 Å². The number of hydrogen-bond donors (Lipinski definition) is 1. The third-order valence-corrected chi connectivity index (χ3v) is 2.85. The van der Waals surface area contributed by atoms with Gasteiger partial charge in [-0.1, -0.05) is 0 Å². The molecule has 0 saturated heterocycles. The number of nitrogens with zero attached hydrogens (tertiary/aromatic N) is 2. The fraction of sp³-hybridized carbons (Fsp3) is 0.500. The van der Waals surface area contributed by atoms with Gasteiger partial charge >= 0.3 is 0 Å². The molecule has 1 saturated carbocycles. The summed E-state index contributed by atoms with van der Waals surface area (Å²) in [7, 11) is 0. The highest BCUT2D eigenvalue weighted by atomic mass is 16.5. The van der Waals surface area contributed by atoms with Gasteiger partial charge in [0.2, 0.25) is 0 Å². The van der Waals surface area contributed by atoms with Crippen LogP contribution in [-0.4, -0.2) is 17.1 Å². The number of nitrogens with two attached hydrogens (primary N) is 1. The van der Waals surface area contributed by atoms with E-state index in [4.69, 9.17) is 15.7 Å². The summed E-state index contributed by atoms with van der Waals surface area (Å²) < 4.78 is 5.74. The Labute approximate surface area is 95.0 Å². The van der Waals surface area contributed by atoms with Crippen LogP contribution in [0.2, 0.25) is 0 Å². The molecule has 16 heavy (non-hydrogen) atoms. The highest BCUT2D eigenvalue weighted by Gasteiger charge is 2.21. The topological polar surface area (TPSA) is 71.9 Å². The van der Waals surface area contributed by atoms with Crippen molar-refractivity contribution in [1.29, 1.82) is 5.26 Å². The van der Waals surface area contributed by atoms with Crippen LogP contribution in [-0.2, 0) is 11.3 Å². The Morgan fingerprint density at radius 3 is 3.12 bits per heavy atom. The van der Waals surface area contributed by atoms with Crippen LogP contribution in [0, 0.1) is 11.3 Å². The number of nitriles is 1. The molecule has 1 aliphatic rings. The van der Waals surface area contributed by atoms with Crippen LogP contribution < -0.4 is 5.73 Å². The molecule has 2 N–H and O–H groups in total. The minimum absolute atomic E-state index is 0.272. The molecular formula is C12H15N3O. The second-order valence-corrected chi connectivity index (χ2v) is 4.17. The van der Waals surface area contributed by atoms with E-state index in [0.717, 1.165) is 24.8 Å². The summed E-state index contributed by atoms with van der Waals surface area (Å²) in [5, 5.41) is 8.71. The van der Waals surface area contributed by atoms with Gasteiger partial charge in [-0.25, -0.2) is 4.98 Å². The van der Waals surface area contributed by atoms with E-state index in [2.05, 4.69) is 4.98 Å². The zero-order valence-electron chi connectivity index (χ0n) is 9.10. The van der Waals surface area contributed by atoms with Crippen molar-refractivity contribution >= 4 is 0 Å². The zero-order valence-corrected chi connectivity index (χ0v) is 9.10. The van der Waals surface area contributed by atoms with Crippen LogP contribution in [0.15, 0.2) is 18.3 Å².